The molecule has 4 rings (SSSR count). The average Bonchev–Trinajstić information content (AvgIpc) is 3.04. The molecular formula is C19H26N6O3. The highest BCUT2D eigenvalue weighted by Gasteiger charge is 2.29. The van der Waals surface area contributed by atoms with Crippen molar-refractivity contribution < 1.29 is 14.3 Å². The van der Waals surface area contributed by atoms with Crippen LogP contribution >= 0.6 is 0 Å². The van der Waals surface area contributed by atoms with Gasteiger partial charge in [0.05, 0.1) is 12.3 Å². The number of hydrogen-bond acceptors (Lipinski definition) is 7. The maximum Gasteiger partial charge on any atom is 0.246 e. The van der Waals surface area contributed by atoms with Crippen molar-refractivity contribution >= 4 is 23.5 Å². The summed E-state index contributed by atoms with van der Waals surface area (Å²) in [4.78, 5) is 30.0. The van der Waals surface area contributed by atoms with Crippen molar-refractivity contribution in [2.45, 2.75) is 32.4 Å². The summed E-state index contributed by atoms with van der Waals surface area (Å²) in [5, 5.41) is 8.05. The molecule has 2 fully saturated rings. The molecule has 9 heteroatoms. The van der Waals surface area contributed by atoms with E-state index >= 15 is 0 Å². The number of rotatable bonds is 6. The van der Waals surface area contributed by atoms with Gasteiger partial charge in [0, 0.05) is 44.2 Å². The zero-order chi connectivity index (χ0) is 19.5. The highest BCUT2D eigenvalue weighted by molar-refractivity contribution is 6.05. The van der Waals surface area contributed by atoms with Crippen molar-refractivity contribution in [3.8, 4) is 5.75 Å². The highest BCUT2D eigenvalue weighted by Crippen LogP contribution is 2.30. The van der Waals surface area contributed by atoms with E-state index in [-0.39, 0.29) is 11.8 Å². The van der Waals surface area contributed by atoms with Crippen molar-refractivity contribution in [3.63, 3.8) is 0 Å². The van der Waals surface area contributed by atoms with E-state index in [9.17, 15) is 9.59 Å². The van der Waals surface area contributed by atoms with Crippen LogP contribution in [0.25, 0.3) is 0 Å². The summed E-state index contributed by atoms with van der Waals surface area (Å²) in [7, 11) is 0. The number of hydrazine groups is 1. The van der Waals surface area contributed by atoms with Crippen LogP contribution in [0.3, 0.4) is 0 Å². The molecule has 0 aliphatic carbocycles. The molecule has 1 aromatic rings. The fourth-order valence-electron chi connectivity index (χ4n) is 3.57. The molecule has 0 saturated carbocycles. The maximum atomic E-state index is 12.1. The molecule has 0 bridgehead atoms. The van der Waals surface area contributed by atoms with Crippen molar-refractivity contribution in [2.75, 3.05) is 32.8 Å². The number of nitrogens with one attached hydrogen (secondary N) is 3. The second kappa shape index (κ2) is 8.15. The Morgan fingerprint density at radius 3 is 3.14 bits per heavy atom. The third-order valence-electron chi connectivity index (χ3n) is 5.11. The Kier molecular flexibility index (Phi) is 5.45. The lowest BCUT2D eigenvalue weighted by atomic mass is 10.1. The van der Waals surface area contributed by atoms with Crippen LogP contribution in [-0.4, -0.2) is 66.5 Å². The summed E-state index contributed by atoms with van der Waals surface area (Å²) in [6.07, 6.45) is 1.08. The number of ether oxygens (including phenoxy) is 1. The van der Waals surface area contributed by atoms with E-state index < -0.39 is 0 Å². The van der Waals surface area contributed by atoms with E-state index in [2.05, 4.69) is 28.0 Å². The first kappa shape index (κ1) is 18.7. The van der Waals surface area contributed by atoms with Crippen LogP contribution in [0.15, 0.2) is 23.2 Å². The van der Waals surface area contributed by atoms with Gasteiger partial charge in [0.2, 0.25) is 17.8 Å². The van der Waals surface area contributed by atoms with Crippen molar-refractivity contribution in [2.24, 2.45) is 4.99 Å². The molecule has 9 nitrogen and oxygen atoms in total. The maximum absolute atomic E-state index is 12.1. The Labute approximate surface area is 164 Å². The first-order valence-electron chi connectivity index (χ1n) is 9.74. The van der Waals surface area contributed by atoms with Gasteiger partial charge in [0.25, 0.3) is 0 Å². The van der Waals surface area contributed by atoms with Gasteiger partial charge in [-0.2, -0.15) is 0 Å². The van der Waals surface area contributed by atoms with Crippen molar-refractivity contribution in [3.05, 3.63) is 23.8 Å². The fraction of sp³-hybridized carbons (Fsp3) is 0.526. The van der Waals surface area contributed by atoms with E-state index in [1.807, 2.05) is 28.1 Å². The molecule has 3 heterocycles. The molecule has 3 aliphatic heterocycles. The SMILES string of the molecule is CC1CNCCN1NC(=O)CCCOc1ccc2c(c1)CN1CC(=O)NC1=N2. The van der Waals surface area contributed by atoms with E-state index in [0.29, 0.717) is 44.5 Å². The predicted molar refractivity (Wildman–Crippen MR) is 104 cm³/mol. The standard InChI is InChI=1S/C19H26N6O3/c1-13-10-20-6-7-25(13)23-17(26)3-2-8-28-15-4-5-16-14(9-15)11-24-12-18(27)22-19(24)21-16/h4-5,9,13,20H,2-3,6-8,10-12H2,1H3,(H,23,26)(H,21,22,27). The number of carbonyl (C=O) groups is 2. The first-order valence-corrected chi connectivity index (χ1v) is 9.74. The van der Waals surface area contributed by atoms with Crippen molar-refractivity contribution in [1.29, 1.82) is 0 Å². The zero-order valence-corrected chi connectivity index (χ0v) is 16.0. The summed E-state index contributed by atoms with van der Waals surface area (Å²) in [6, 6.07) is 6.03. The van der Waals surface area contributed by atoms with Gasteiger partial charge in [0.1, 0.15) is 12.3 Å². The van der Waals surface area contributed by atoms with E-state index in [0.717, 1.165) is 36.6 Å². The summed E-state index contributed by atoms with van der Waals surface area (Å²) in [5.41, 5.74) is 4.86. The van der Waals surface area contributed by atoms with Gasteiger partial charge in [-0.05, 0) is 31.5 Å². The number of nitrogens with zero attached hydrogens (tertiary/aromatic N) is 3. The number of fused-ring (bicyclic) bond motifs is 2. The number of amides is 2. The third-order valence-corrected chi connectivity index (χ3v) is 5.11. The summed E-state index contributed by atoms with van der Waals surface area (Å²) in [6.45, 7) is 6.13. The molecule has 1 aromatic carbocycles. The van der Waals surface area contributed by atoms with Crippen LogP contribution in [0.2, 0.25) is 0 Å². The smallest absolute Gasteiger partial charge is 0.246 e. The zero-order valence-electron chi connectivity index (χ0n) is 16.0. The minimum Gasteiger partial charge on any atom is -0.494 e. The Balaban J connectivity index is 1.23. The summed E-state index contributed by atoms with van der Waals surface area (Å²) in [5.74, 6) is 1.37. The Bertz CT molecular complexity index is 796. The van der Waals surface area contributed by atoms with Crippen molar-refractivity contribution in [1.82, 2.24) is 26.0 Å². The number of hydrogen-bond donors (Lipinski definition) is 3. The van der Waals surface area contributed by atoms with E-state index in [4.69, 9.17) is 4.74 Å². The van der Waals surface area contributed by atoms with Gasteiger partial charge in [-0.15, -0.1) is 0 Å². The quantitative estimate of drug-likeness (QED) is 0.600. The highest BCUT2D eigenvalue weighted by atomic mass is 16.5. The normalized spacial score (nSPS) is 21.5. The summed E-state index contributed by atoms with van der Waals surface area (Å²) < 4.78 is 5.81. The van der Waals surface area contributed by atoms with E-state index in [1.165, 1.54) is 0 Å². The lowest BCUT2D eigenvalue weighted by molar-refractivity contribution is -0.127. The molecule has 2 saturated heterocycles. The van der Waals surface area contributed by atoms with Crippen LogP contribution in [0.4, 0.5) is 5.69 Å². The third kappa shape index (κ3) is 4.26. The number of benzene rings is 1. The van der Waals surface area contributed by atoms with Gasteiger partial charge >= 0.3 is 0 Å². The second-order valence-corrected chi connectivity index (χ2v) is 7.36. The molecule has 1 unspecified atom stereocenters. The molecule has 3 aliphatic rings. The molecule has 3 N–H and O–H groups in total. The lowest BCUT2D eigenvalue weighted by Crippen LogP contribution is -2.57. The lowest BCUT2D eigenvalue weighted by Gasteiger charge is -2.33. The molecule has 0 spiro atoms. The second-order valence-electron chi connectivity index (χ2n) is 7.36. The Morgan fingerprint density at radius 1 is 1.39 bits per heavy atom. The van der Waals surface area contributed by atoms with Crippen LogP contribution in [-0.2, 0) is 16.1 Å². The fourth-order valence-corrected chi connectivity index (χ4v) is 3.57. The van der Waals surface area contributed by atoms with E-state index in [1.54, 1.807) is 0 Å². The Hall–Kier alpha value is -2.65. The summed E-state index contributed by atoms with van der Waals surface area (Å²) >= 11 is 0. The van der Waals surface area contributed by atoms with Gasteiger partial charge in [-0.25, -0.2) is 10.0 Å². The molecule has 1 atom stereocenters. The molecule has 0 aromatic heterocycles. The average molecular weight is 386 g/mol. The molecule has 0 radical (unpaired) electrons. The van der Waals surface area contributed by atoms with Crippen LogP contribution in [0, 0.1) is 0 Å². The molecule has 28 heavy (non-hydrogen) atoms. The number of aliphatic imine (C=N–C) groups is 1. The van der Waals surface area contributed by atoms with Gasteiger partial charge < -0.3 is 15.0 Å². The minimum atomic E-state index is -0.0310. The molecule has 150 valence electrons. The number of carbonyl (C=O) groups excluding carboxylic acids is 2. The number of piperazine rings is 1. The number of guanidine groups is 1. The van der Waals surface area contributed by atoms with Crippen LogP contribution in [0.5, 0.6) is 5.75 Å². The topological polar surface area (TPSA) is 98.3 Å². The molecule has 2 amide bonds. The Morgan fingerprint density at radius 2 is 2.29 bits per heavy atom. The van der Waals surface area contributed by atoms with Gasteiger partial charge in [0.15, 0.2) is 0 Å². The van der Waals surface area contributed by atoms with Gasteiger partial charge in [-0.1, -0.05) is 0 Å². The molecular weight excluding hydrogens is 360 g/mol. The first-order chi connectivity index (χ1) is 13.6. The monoisotopic (exact) mass is 386 g/mol. The van der Waals surface area contributed by atoms with Crippen LogP contribution < -0.4 is 20.8 Å². The van der Waals surface area contributed by atoms with Gasteiger partial charge in [-0.3, -0.25) is 20.3 Å². The predicted octanol–water partition coefficient (Wildman–Crippen LogP) is 0.103. The largest absolute Gasteiger partial charge is 0.494 e. The minimum absolute atomic E-state index is 0.0239. The van der Waals surface area contributed by atoms with Crippen LogP contribution in [0.1, 0.15) is 25.3 Å².